The molecule has 0 bridgehead atoms. The number of fused-ring (bicyclic) bond motifs is 3. The van der Waals surface area contributed by atoms with Crippen LogP contribution in [-0.2, 0) is 0 Å². The van der Waals surface area contributed by atoms with Crippen LogP contribution in [0.2, 0.25) is 24.2 Å². The van der Waals surface area contributed by atoms with Gasteiger partial charge in [0.15, 0.2) is 0 Å². The minimum Gasteiger partial charge on any atom is -0.0689 e. The Hall–Kier alpha value is 0.217. The van der Waals surface area contributed by atoms with Crippen molar-refractivity contribution in [2.45, 2.75) is 196 Å². The molecule has 7 aliphatic rings. The molecule has 0 aromatic heterocycles. The van der Waals surface area contributed by atoms with Crippen molar-refractivity contribution in [3.05, 3.63) is 0 Å². The predicted molar refractivity (Wildman–Crippen MR) is 212 cm³/mol. The van der Waals surface area contributed by atoms with E-state index < -0.39 is 8.07 Å². The first-order valence-electron chi connectivity index (χ1n) is 22.6. The molecule has 7 aliphatic carbocycles. The molecule has 276 valence electrons. The van der Waals surface area contributed by atoms with Gasteiger partial charge in [-0.1, -0.05) is 101 Å². The molecule has 12 atom stereocenters. The normalized spacial score (nSPS) is 48.8. The Morgan fingerprint density at radius 1 is 0.479 bits per heavy atom. The molecule has 12 unspecified atom stereocenters. The zero-order chi connectivity index (χ0) is 34.3. The molecule has 0 spiro atoms. The van der Waals surface area contributed by atoms with Gasteiger partial charge in [-0.25, -0.2) is 0 Å². The van der Waals surface area contributed by atoms with Gasteiger partial charge in [-0.3, -0.25) is 0 Å². The first-order valence-corrected chi connectivity index (χ1v) is 25.7. The number of rotatable bonds is 5. The molecule has 0 aromatic carbocycles. The lowest BCUT2D eigenvalue weighted by Crippen LogP contribution is -2.50. The van der Waals surface area contributed by atoms with Gasteiger partial charge in [0.25, 0.3) is 0 Å². The first-order chi connectivity index (χ1) is 22.6. The fraction of sp³-hybridized carbons (Fsp3) is 1.00. The van der Waals surface area contributed by atoms with E-state index in [0.717, 1.165) is 99.9 Å². The Labute approximate surface area is 302 Å². The van der Waals surface area contributed by atoms with E-state index in [-0.39, 0.29) is 0 Å². The van der Waals surface area contributed by atoms with Gasteiger partial charge in [-0.15, -0.1) is 0 Å². The largest absolute Gasteiger partial charge is 0.0689 e. The molecular formula is C47H84Si. The average molecular weight is 677 g/mol. The van der Waals surface area contributed by atoms with Gasteiger partial charge in [0, 0.05) is 0 Å². The van der Waals surface area contributed by atoms with Crippen molar-refractivity contribution in [3.63, 3.8) is 0 Å². The Morgan fingerprint density at radius 3 is 1.60 bits per heavy atom. The van der Waals surface area contributed by atoms with Crippen molar-refractivity contribution >= 4 is 8.07 Å². The van der Waals surface area contributed by atoms with E-state index in [9.17, 15) is 0 Å². The predicted octanol–water partition coefficient (Wildman–Crippen LogP) is 14.6. The summed E-state index contributed by atoms with van der Waals surface area (Å²) in [6.07, 6.45) is 26.7. The van der Waals surface area contributed by atoms with Crippen LogP contribution < -0.4 is 0 Å². The Morgan fingerprint density at radius 2 is 1.02 bits per heavy atom. The summed E-state index contributed by atoms with van der Waals surface area (Å²) in [6.45, 7) is 29.3. The zero-order valence-corrected chi connectivity index (χ0v) is 35.3. The highest BCUT2D eigenvalue weighted by Gasteiger charge is 2.63. The maximum atomic E-state index is 3.03. The molecule has 0 saturated heterocycles. The molecule has 1 heteroatoms. The minimum absolute atomic E-state index is 0.509. The quantitative estimate of drug-likeness (QED) is 0.254. The molecule has 0 nitrogen and oxygen atoms in total. The molecule has 7 rings (SSSR count). The third-order valence-electron chi connectivity index (χ3n) is 18.9. The van der Waals surface area contributed by atoms with E-state index in [0.29, 0.717) is 10.8 Å². The van der Waals surface area contributed by atoms with Gasteiger partial charge in [-0.2, -0.15) is 0 Å². The summed E-state index contributed by atoms with van der Waals surface area (Å²) in [4.78, 5) is 0. The van der Waals surface area contributed by atoms with E-state index in [1.54, 1.807) is 83.5 Å². The summed E-state index contributed by atoms with van der Waals surface area (Å²) in [7, 11) is -1.52. The van der Waals surface area contributed by atoms with Gasteiger partial charge in [-0.05, 0) is 194 Å². The first kappa shape index (κ1) is 36.6. The van der Waals surface area contributed by atoms with Crippen molar-refractivity contribution < 1.29 is 0 Å². The van der Waals surface area contributed by atoms with Crippen LogP contribution in [0.15, 0.2) is 0 Å². The van der Waals surface area contributed by atoms with Gasteiger partial charge < -0.3 is 0 Å². The third-order valence-corrected chi connectivity index (χ3v) is 24.2. The minimum atomic E-state index is -1.52. The van der Waals surface area contributed by atoms with Crippen LogP contribution in [0.1, 0.15) is 171 Å². The standard InChI is InChI=1S/C47H84Si/c1-29(2)39-28-40-36(31-18-22-34(23-19-31)46(4,5)6)15-13-17-38(40)45(39)48(10,11)44-30(3)26-41-42(44)27-33-14-12-16-37(33)43(41)32-20-24-35(25-21-32)47(7,8)9/h29-45H,12-28H2,1-11H3. The van der Waals surface area contributed by atoms with Crippen LogP contribution in [0.3, 0.4) is 0 Å². The fourth-order valence-corrected chi connectivity index (χ4v) is 23.7. The van der Waals surface area contributed by atoms with Gasteiger partial charge in [0.1, 0.15) is 0 Å². The summed E-state index contributed by atoms with van der Waals surface area (Å²) in [5.41, 5.74) is 3.22. The van der Waals surface area contributed by atoms with Crippen LogP contribution >= 0.6 is 0 Å². The maximum absolute atomic E-state index is 3.03. The summed E-state index contributed by atoms with van der Waals surface area (Å²) in [6, 6.07) is 0. The molecule has 7 saturated carbocycles. The summed E-state index contributed by atoms with van der Waals surface area (Å²) >= 11 is 0. The maximum Gasteiger partial charge on any atom is 0.0547 e. The number of hydrogen-bond donors (Lipinski definition) is 0. The van der Waals surface area contributed by atoms with E-state index >= 15 is 0 Å². The van der Waals surface area contributed by atoms with Crippen molar-refractivity contribution in [1.82, 2.24) is 0 Å². The van der Waals surface area contributed by atoms with E-state index in [4.69, 9.17) is 0 Å². The molecule has 0 heterocycles. The highest BCUT2D eigenvalue weighted by atomic mass is 28.3. The lowest BCUT2D eigenvalue weighted by molar-refractivity contribution is 0.00158. The van der Waals surface area contributed by atoms with Crippen LogP contribution in [0, 0.1) is 99.6 Å². The van der Waals surface area contributed by atoms with Gasteiger partial charge in [0.05, 0.1) is 8.07 Å². The van der Waals surface area contributed by atoms with Crippen molar-refractivity contribution in [2.75, 3.05) is 0 Å². The average Bonchev–Trinajstić information content (AvgIpc) is 3.74. The van der Waals surface area contributed by atoms with E-state index in [1.807, 2.05) is 0 Å². The second kappa shape index (κ2) is 13.6. The Balaban J connectivity index is 1.13. The van der Waals surface area contributed by atoms with Crippen LogP contribution in [-0.4, -0.2) is 8.07 Å². The lowest BCUT2D eigenvalue weighted by atomic mass is 9.56. The van der Waals surface area contributed by atoms with E-state index in [2.05, 4.69) is 75.4 Å². The third kappa shape index (κ3) is 6.54. The lowest BCUT2D eigenvalue weighted by Gasteiger charge is -2.53. The molecule has 0 aliphatic heterocycles. The van der Waals surface area contributed by atoms with Crippen molar-refractivity contribution in [3.8, 4) is 0 Å². The van der Waals surface area contributed by atoms with E-state index in [1.165, 1.54) is 25.7 Å². The highest BCUT2D eigenvalue weighted by Crippen LogP contribution is 2.70. The van der Waals surface area contributed by atoms with Crippen LogP contribution in [0.4, 0.5) is 0 Å². The molecule has 0 amide bonds. The van der Waals surface area contributed by atoms with Gasteiger partial charge in [0.2, 0.25) is 0 Å². The summed E-state index contributed by atoms with van der Waals surface area (Å²) < 4.78 is 0. The summed E-state index contributed by atoms with van der Waals surface area (Å²) in [5.74, 6) is 15.6. The van der Waals surface area contributed by atoms with Gasteiger partial charge >= 0.3 is 0 Å². The monoisotopic (exact) mass is 677 g/mol. The SMILES string of the molecule is CC(C)C1CC2C(C3CCC(C(C)(C)C)CC3)CCCC2C1[Si](C)(C)C1C(C)CC2C1CC1CCCC1C2C1CCC(C(C)(C)C)CC1. The Kier molecular flexibility index (Phi) is 10.3. The molecule has 0 aromatic rings. The van der Waals surface area contributed by atoms with Crippen LogP contribution in [0.5, 0.6) is 0 Å². The molecule has 48 heavy (non-hydrogen) atoms. The van der Waals surface area contributed by atoms with Crippen LogP contribution in [0.25, 0.3) is 0 Å². The zero-order valence-electron chi connectivity index (χ0n) is 34.3. The number of hydrogen-bond acceptors (Lipinski definition) is 0. The topological polar surface area (TPSA) is 0 Å². The smallest absolute Gasteiger partial charge is 0.0547 e. The summed E-state index contributed by atoms with van der Waals surface area (Å²) in [5, 5.41) is 0. The van der Waals surface area contributed by atoms with Crippen molar-refractivity contribution in [2.24, 2.45) is 99.6 Å². The second-order valence-electron chi connectivity index (χ2n) is 23.6. The second-order valence-corrected chi connectivity index (χ2v) is 28.6. The molecule has 0 radical (unpaired) electrons. The Bertz CT molecular complexity index is 1070. The molecule has 7 fully saturated rings. The molecule has 0 N–H and O–H groups in total. The van der Waals surface area contributed by atoms with Crippen molar-refractivity contribution in [1.29, 1.82) is 0 Å². The fourth-order valence-electron chi connectivity index (χ4n) is 17.0. The highest BCUT2D eigenvalue weighted by molar-refractivity contribution is 6.80. The molecular weight excluding hydrogens is 593 g/mol.